The van der Waals surface area contributed by atoms with Crippen LogP contribution < -0.4 is 10.4 Å². The summed E-state index contributed by atoms with van der Waals surface area (Å²) >= 11 is 0. The third-order valence-electron chi connectivity index (χ3n) is 10.5. The highest BCUT2D eigenvalue weighted by atomic mass is 28.3. The zero-order chi connectivity index (χ0) is 32.1. The van der Waals surface area contributed by atoms with Crippen LogP contribution in [-0.2, 0) is 12.8 Å². The molecule has 0 spiro atoms. The Bertz CT molecular complexity index is 2020. The topological polar surface area (TPSA) is 0 Å². The van der Waals surface area contributed by atoms with Gasteiger partial charge in [-0.15, -0.1) is 0 Å². The first-order chi connectivity index (χ1) is 23.0. The summed E-state index contributed by atoms with van der Waals surface area (Å²) in [6.07, 6.45) is 1.97. The van der Waals surface area contributed by atoms with Crippen molar-refractivity contribution < 1.29 is 0 Å². The van der Waals surface area contributed by atoms with Crippen LogP contribution in [0.5, 0.6) is 0 Å². The average Bonchev–Trinajstić information content (AvgIpc) is 3.63. The zero-order valence-corrected chi connectivity index (χ0v) is 28.8. The van der Waals surface area contributed by atoms with Gasteiger partial charge in [-0.2, -0.15) is 0 Å². The van der Waals surface area contributed by atoms with Crippen LogP contribution in [0.1, 0.15) is 47.2 Å². The Balaban J connectivity index is 1.55. The largest absolute Gasteiger partial charge is 0.180 e. The van der Waals surface area contributed by atoms with Crippen molar-refractivity contribution in [2.45, 2.75) is 40.5 Å². The maximum Gasteiger partial charge on any atom is 0.180 e. The van der Waals surface area contributed by atoms with E-state index in [2.05, 4.69) is 173 Å². The highest BCUT2D eigenvalue weighted by molar-refractivity contribution is 7.26. The normalized spacial score (nSPS) is 14.0. The Hall–Kier alpha value is -4.98. The number of benzene rings is 6. The molecule has 0 aliphatic heterocycles. The molecule has 0 bridgehead atoms. The van der Waals surface area contributed by atoms with Gasteiger partial charge in [0.2, 0.25) is 0 Å². The van der Waals surface area contributed by atoms with Crippen LogP contribution in [0.2, 0.25) is 0 Å². The van der Waals surface area contributed by atoms with E-state index in [0.29, 0.717) is 0 Å². The van der Waals surface area contributed by atoms with E-state index in [-0.39, 0.29) is 0 Å². The highest BCUT2D eigenvalue weighted by Gasteiger charge is 2.51. The molecule has 8 rings (SSSR count). The summed E-state index contributed by atoms with van der Waals surface area (Å²) in [5.41, 5.74) is 16.7. The second-order valence-corrected chi connectivity index (χ2v) is 17.2. The van der Waals surface area contributed by atoms with Gasteiger partial charge >= 0.3 is 0 Å². The second kappa shape index (κ2) is 11.7. The van der Waals surface area contributed by atoms with Crippen molar-refractivity contribution in [2.24, 2.45) is 0 Å². The third-order valence-corrected chi connectivity index (χ3v) is 15.7. The molecule has 228 valence electrons. The van der Waals surface area contributed by atoms with Crippen LogP contribution in [0, 0.1) is 13.8 Å². The third kappa shape index (κ3) is 4.72. The first-order valence-corrected chi connectivity index (χ1v) is 18.9. The summed E-state index contributed by atoms with van der Waals surface area (Å²) in [7, 11) is -2.93. The lowest BCUT2D eigenvalue weighted by atomic mass is 9.97. The average molecular weight is 621 g/mol. The van der Waals surface area contributed by atoms with E-state index in [4.69, 9.17) is 0 Å². The first-order valence-electron chi connectivity index (χ1n) is 16.9. The Kier molecular flexibility index (Phi) is 7.31. The van der Waals surface area contributed by atoms with Crippen molar-refractivity contribution in [3.05, 3.63) is 190 Å². The molecule has 6 aromatic rings. The number of hydrogen-bond donors (Lipinski definition) is 0. The van der Waals surface area contributed by atoms with Gasteiger partial charge < -0.3 is 0 Å². The summed E-state index contributed by atoms with van der Waals surface area (Å²) in [6, 6.07) is 55.3. The summed E-state index contributed by atoms with van der Waals surface area (Å²) in [4.78, 5) is 0. The van der Waals surface area contributed by atoms with Crippen molar-refractivity contribution in [3.8, 4) is 22.3 Å². The van der Waals surface area contributed by atoms with E-state index in [1.807, 2.05) is 0 Å². The SMILES string of the molecule is CC1=C([Si](C2=C(C)Cc3cccc(-c4ccccc4)c32)(c2ccc(C)cc2)c2ccc(C)cc2)c2c(cccc2-c2ccccc2)C1. The van der Waals surface area contributed by atoms with E-state index in [1.54, 1.807) is 10.4 Å². The molecule has 0 heterocycles. The molecule has 0 N–H and O–H groups in total. The Morgan fingerprint density at radius 3 is 1.15 bits per heavy atom. The van der Waals surface area contributed by atoms with Crippen LogP contribution in [0.3, 0.4) is 0 Å². The molecule has 0 atom stereocenters. The molecule has 1 heteroatoms. The summed E-state index contributed by atoms with van der Waals surface area (Å²) in [5.74, 6) is 0. The molecule has 0 radical (unpaired) electrons. The molecule has 47 heavy (non-hydrogen) atoms. The molecule has 0 unspecified atom stereocenters. The van der Waals surface area contributed by atoms with Gasteiger partial charge in [-0.3, -0.25) is 0 Å². The van der Waals surface area contributed by atoms with Crippen LogP contribution in [0.25, 0.3) is 32.6 Å². The van der Waals surface area contributed by atoms with Gasteiger partial charge in [-0.25, -0.2) is 0 Å². The molecule has 6 aromatic carbocycles. The Morgan fingerprint density at radius 1 is 0.383 bits per heavy atom. The van der Waals surface area contributed by atoms with Gasteiger partial charge in [0.1, 0.15) is 0 Å². The van der Waals surface area contributed by atoms with E-state index in [1.165, 1.54) is 77.2 Å². The smallest absolute Gasteiger partial charge is 0.0679 e. The molecule has 2 aliphatic carbocycles. The number of fused-ring (bicyclic) bond motifs is 2. The lowest BCUT2D eigenvalue weighted by molar-refractivity contribution is 1.19. The van der Waals surface area contributed by atoms with Crippen LogP contribution in [0.4, 0.5) is 0 Å². The van der Waals surface area contributed by atoms with Gasteiger partial charge in [0, 0.05) is 0 Å². The monoisotopic (exact) mass is 620 g/mol. The van der Waals surface area contributed by atoms with Crippen molar-refractivity contribution in [1.82, 2.24) is 0 Å². The number of hydrogen-bond acceptors (Lipinski definition) is 0. The molecular weight excluding hydrogens is 581 g/mol. The van der Waals surface area contributed by atoms with Gasteiger partial charge in [0.05, 0.1) is 0 Å². The van der Waals surface area contributed by atoms with Gasteiger partial charge in [-0.1, -0.05) is 168 Å². The molecule has 2 aliphatic rings. The van der Waals surface area contributed by atoms with Gasteiger partial charge in [0.25, 0.3) is 0 Å². The van der Waals surface area contributed by atoms with E-state index >= 15 is 0 Å². The Labute approximate surface area is 280 Å². The fourth-order valence-corrected chi connectivity index (χ4v) is 14.3. The Morgan fingerprint density at radius 2 is 0.766 bits per heavy atom. The van der Waals surface area contributed by atoms with Crippen molar-refractivity contribution >= 4 is 28.8 Å². The fourth-order valence-electron chi connectivity index (χ4n) is 8.47. The maximum absolute atomic E-state index is 2.93. The lowest BCUT2D eigenvalue weighted by Gasteiger charge is -2.40. The minimum Gasteiger partial charge on any atom is -0.0679 e. The zero-order valence-electron chi connectivity index (χ0n) is 27.8. The quantitative estimate of drug-likeness (QED) is 0.163. The maximum atomic E-state index is 2.47. The van der Waals surface area contributed by atoms with Gasteiger partial charge in [-0.05, 0) is 106 Å². The first kappa shape index (κ1) is 29.4. The minimum atomic E-state index is -2.93. The molecule has 0 amide bonds. The molecule has 0 saturated carbocycles. The number of allylic oxidation sites excluding steroid dienone is 2. The second-order valence-electron chi connectivity index (χ2n) is 13.6. The van der Waals surface area contributed by atoms with Crippen LogP contribution in [0.15, 0.2) is 157 Å². The summed E-state index contributed by atoms with van der Waals surface area (Å²) in [6.45, 7) is 9.27. The van der Waals surface area contributed by atoms with Crippen LogP contribution in [-0.4, -0.2) is 8.07 Å². The van der Waals surface area contributed by atoms with E-state index in [9.17, 15) is 0 Å². The molecule has 0 aromatic heterocycles. The number of aryl methyl sites for hydroxylation is 2. The van der Waals surface area contributed by atoms with Crippen molar-refractivity contribution in [3.63, 3.8) is 0 Å². The highest BCUT2D eigenvalue weighted by Crippen LogP contribution is 2.52. The van der Waals surface area contributed by atoms with Crippen molar-refractivity contribution in [2.75, 3.05) is 0 Å². The summed E-state index contributed by atoms with van der Waals surface area (Å²) in [5, 5.41) is 6.07. The van der Waals surface area contributed by atoms with Crippen LogP contribution >= 0.6 is 0 Å². The molecule has 0 fully saturated rings. The lowest BCUT2D eigenvalue weighted by Crippen LogP contribution is -2.61. The summed E-state index contributed by atoms with van der Waals surface area (Å²) < 4.78 is 0. The molecular formula is C46H40Si. The predicted octanol–water partition coefficient (Wildman–Crippen LogP) is 10.3. The number of rotatable bonds is 6. The molecule has 0 nitrogen and oxygen atoms in total. The van der Waals surface area contributed by atoms with E-state index < -0.39 is 8.07 Å². The predicted molar refractivity (Wildman–Crippen MR) is 204 cm³/mol. The fraction of sp³-hybridized carbons (Fsp3) is 0.130. The van der Waals surface area contributed by atoms with Gasteiger partial charge in [0.15, 0.2) is 8.07 Å². The van der Waals surface area contributed by atoms with E-state index in [0.717, 1.165) is 12.8 Å². The minimum absolute atomic E-state index is 0.983. The van der Waals surface area contributed by atoms with Crippen molar-refractivity contribution in [1.29, 1.82) is 0 Å². The standard InChI is InChI=1S/C46H40Si/c1-31-21-25-39(26-22-31)47(40-27-23-32(2)24-28-40,45-33(3)29-37-17-11-19-41(43(37)45)35-13-7-5-8-14-35)46-34(4)30-38-18-12-20-42(44(38)46)36-15-9-6-10-16-36/h5-28H,29-30H2,1-4H3. The molecule has 0 saturated heterocycles.